The van der Waals surface area contributed by atoms with Gasteiger partial charge in [0.05, 0.1) is 6.04 Å². The molecule has 0 N–H and O–H groups in total. The maximum absolute atomic E-state index is 12.9. The molecule has 1 unspecified atom stereocenters. The maximum Gasteiger partial charge on any atom is 0.234 e. The molecule has 3 rings (SSSR count). The molecule has 1 saturated heterocycles. The van der Waals surface area contributed by atoms with Gasteiger partial charge in [0, 0.05) is 6.54 Å². The second-order valence-electron chi connectivity index (χ2n) is 6.25. The topological polar surface area (TPSA) is 37.4 Å². The Morgan fingerprint density at radius 2 is 1.57 bits per heavy atom. The number of carbonyl (C=O) groups excluding carboxylic acids is 2. The zero-order chi connectivity index (χ0) is 16.4. The van der Waals surface area contributed by atoms with Crippen molar-refractivity contribution in [2.24, 2.45) is 11.8 Å². The van der Waals surface area contributed by atoms with Crippen LogP contribution >= 0.6 is 0 Å². The van der Waals surface area contributed by atoms with Gasteiger partial charge in [-0.2, -0.15) is 0 Å². The third-order valence-corrected chi connectivity index (χ3v) is 4.68. The van der Waals surface area contributed by atoms with Crippen molar-refractivity contribution in [3.63, 3.8) is 0 Å². The third kappa shape index (κ3) is 2.91. The minimum Gasteiger partial charge on any atom is -0.330 e. The van der Waals surface area contributed by atoms with Crippen LogP contribution < -0.4 is 0 Å². The van der Waals surface area contributed by atoms with Gasteiger partial charge in [-0.25, -0.2) is 0 Å². The Morgan fingerprint density at radius 1 is 1.00 bits per heavy atom. The molecule has 1 aliphatic rings. The van der Waals surface area contributed by atoms with Crippen LogP contribution in [0.15, 0.2) is 60.7 Å². The summed E-state index contributed by atoms with van der Waals surface area (Å²) in [5.41, 5.74) is 2.17. The molecule has 2 aromatic carbocycles. The fourth-order valence-corrected chi connectivity index (χ4v) is 3.64. The van der Waals surface area contributed by atoms with Crippen molar-refractivity contribution in [2.75, 3.05) is 0 Å². The van der Waals surface area contributed by atoms with Gasteiger partial charge in [0.2, 0.25) is 5.91 Å². The number of rotatable bonds is 4. The lowest BCUT2D eigenvalue weighted by Gasteiger charge is -2.27. The zero-order valence-electron chi connectivity index (χ0n) is 13.5. The molecule has 3 nitrogen and oxygen atoms in total. The van der Waals surface area contributed by atoms with E-state index in [2.05, 4.69) is 0 Å². The first-order valence-corrected chi connectivity index (χ1v) is 7.99. The normalized spacial score (nSPS) is 24.0. The summed E-state index contributed by atoms with van der Waals surface area (Å²) in [7, 11) is 0. The van der Waals surface area contributed by atoms with Crippen molar-refractivity contribution in [2.45, 2.75) is 26.4 Å². The zero-order valence-corrected chi connectivity index (χ0v) is 13.5. The Labute approximate surface area is 136 Å². The Hall–Kier alpha value is -2.42. The van der Waals surface area contributed by atoms with E-state index in [1.165, 1.54) is 6.92 Å². The van der Waals surface area contributed by atoms with Crippen molar-refractivity contribution < 1.29 is 9.59 Å². The molecule has 3 atom stereocenters. The minimum atomic E-state index is -0.538. The molecule has 3 heteroatoms. The lowest BCUT2D eigenvalue weighted by molar-refractivity contribution is -0.137. The molecule has 23 heavy (non-hydrogen) atoms. The summed E-state index contributed by atoms with van der Waals surface area (Å²) in [5, 5.41) is 0. The number of likely N-dealkylation sites (tertiary alicyclic amines) is 1. The van der Waals surface area contributed by atoms with E-state index >= 15 is 0 Å². The summed E-state index contributed by atoms with van der Waals surface area (Å²) in [6.07, 6.45) is 0. The second kappa shape index (κ2) is 6.37. The van der Waals surface area contributed by atoms with Crippen LogP contribution in [0, 0.1) is 11.8 Å². The van der Waals surface area contributed by atoms with E-state index in [9.17, 15) is 9.59 Å². The summed E-state index contributed by atoms with van der Waals surface area (Å²) < 4.78 is 0. The van der Waals surface area contributed by atoms with Gasteiger partial charge >= 0.3 is 0 Å². The molecule has 0 aromatic heterocycles. The molecular weight excluding hydrogens is 286 g/mol. The van der Waals surface area contributed by atoms with Gasteiger partial charge in [-0.3, -0.25) is 9.59 Å². The predicted molar refractivity (Wildman–Crippen MR) is 89.5 cm³/mol. The van der Waals surface area contributed by atoms with Crippen LogP contribution in [-0.2, 0) is 16.1 Å². The number of benzene rings is 2. The highest BCUT2D eigenvalue weighted by Crippen LogP contribution is 2.42. The van der Waals surface area contributed by atoms with Gasteiger partial charge in [-0.05, 0) is 24.0 Å². The number of Topliss-reactive ketones (excluding diaryl/α,β-unsaturated/α-hetero) is 1. The second-order valence-corrected chi connectivity index (χ2v) is 6.25. The highest BCUT2D eigenvalue weighted by molar-refractivity contribution is 6.02. The molecular formula is C20H21NO2. The van der Waals surface area contributed by atoms with Gasteiger partial charge in [-0.15, -0.1) is 0 Å². The van der Waals surface area contributed by atoms with Crippen LogP contribution in [0.5, 0.6) is 0 Å². The number of carbonyl (C=O) groups is 2. The average Bonchev–Trinajstić information content (AvgIpc) is 2.80. The quantitative estimate of drug-likeness (QED) is 0.809. The third-order valence-electron chi connectivity index (χ3n) is 4.68. The van der Waals surface area contributed by atoms with Crippen LogP contribution in [-0.4, -0.2) is 16.6 Å². The van der Waals surface area contributed by atoms with E-state index in [-0.39, 0.29) is 23.7 Å². The highest BCUT2D eigenvalue weighted by Gasteiger charge is 2.48. The molecule has 0 spiro atoms. The van der Waals surface area contributed by atoms with Crippen LogP contribution in [0.2, 0.25) is 0 Å². The minimum absolute atomic E-state index is 0.0221. The van der Waals surface area contributed by atoms with Crippen molar-refractivity contribution in [1.29, 1.82) is 0 Å². The van der Waals surface area contributed by atoms with E-state index in [4.69, 9.17) is 0 Å². The van der Waals surface area contributed by atoms with Gasteiger partial charge < -0.3 is 4.90 Å². The molecule has 0 saturated carbocycles. The van der Waals surface area contributed by atoms with Crippen LogP contribution in [0.4, 0.5) is 0 Å². The van der Waals surface area contributed by atoms with Gasteiger partial charge in [0.25, 0.3) is 0 Å². The van der Waals surface area contributed by atoms with Gasteiger partial charge in [-0.1, -0.05) is 67.6 Å². The van der Waals surface area contributed by atoms with Crippen molar-refractivity contribution in [1.82, 2.24) is 4.90 Å². The summed E-state index contributed by atoms with van der Waals surface area (Å²) in [4.78, 5) is 26.7. The average molecular weight is 307 g/mol. The number of nitrogens with zero attached hydrogens (tertiary/aromatic N) is 1. The highest BCUT2D eigenvalue weighted by atomic mass is 16.2. The standard InChI is InChI=1S/C20H21NO2/c1-14-18(15(2)22)20(23)21(13-16-9-5-3-6-10-16)19(14)17-11-7-4-8-12-17/h3-12,14,18-19H,13H2,1-2H3/t14-,18+,19?/m1/s1. The molecule has 0 aliphatic carbocycles. The molecule has 118 valence electrons. The molecule has 0 radical (unpaired) electrons. The van der Waals surface area contributed by atoms with Crippen molar-refractivity contribution in [3.05, 3.63) is 71.8 Å². The van der Waals surface area contributed by atoms with Crippen molar-refractivity contribution >= 4 is 11.7 Å². The van der Waals surface area contributed by atoms with E-state index in [0.29, 0.717) is 6.54 Å². The van der Waals surface area contributed by atoms with E-state index < -0.39 is 5.92 Å². The van der Waals surface area contributed by atoms with Gasteiger partial charge in [0.1, 0.15) is 11.7 Å². The van der Waals surface area contributed by atoms with E-state index in [0.717, 1.165) is 11.1 Å². The largest absolute Gasteiger partial charge is 0.330 e. The molecule has 1 heterocycles. The number of amides is 1. The first kappa shape index (κ1) is 15.5. The fourth-order valence-electron chi connectivity index (χ4n) is 3.64. The van der Waals surface area contributed by atoms with Crippen LogP contribution in [0.3, 0.4) is 0 Å². The molecule has 2 aromatic rings. The van der Waals surface area contributed by atoms with Gasteiger partial charge in [0.15, 0.2) is 0 Å². The first-order valence-electron chi connectivity index (χ1n) is 7.99. The lowest BCUT2D eigenvalue weighted by atomic mass is 9.86. The smallest absolute Gasteiger partial charge is 0.234 e. The predicted octanol–water partition coefficient (Wildman–Crippen LogP) is 3.61. The maximum atomic E-state index is 12.9. The van der Waals surface area contributed by atoms with Crippen LogP contribution in [0.1, 0.15) is 31.0 Å². The molecule has 1 fully saturated rings. The summed E-state index contributed by atoms with van der Waals surface area (Å²) in [5.74, 6) is -0.656. The fraction of sp³-hybridized carbons (Fsp3) is 0.300. The summed E-state index contributed by atoms with van der Waals surface area (Å²) >= 11 is 0. The number of hydrogen-bond donors (Lipinski definition) is 0. The Kier molecular flexibility index (Phi) is 4.28. The first-order chi connectivity index (χ1) is 11.1. The van der Waals surface area contributed by atoms with E-state index in [1.807, 2.05) is 72.5 Å². The molecule has 0 bridgehead atoms. The number of hydrogen-bond acceptors (Lipinski definition) is 2. The Morgan fingerprint density at radius 3 is 2.13 bits per heavy atom. The van der Waals surface area contributed by atoms with Crippen molar-refractivity contribution in [3.8, 4) is 0 Å². The molecule has 1 amide bonds. The summed E-state index contributed by atoms with van der Waals surface area (Å²) in [6, 6.07) is 19.9. The summed E-state index contributed by atoms with van der Waals surface area (Å²) in [6.45, 7) is 4.06. The lowest BCUT2D eigenvalue weighted by Crippen LogP contribution is -2.30. The van der Waals surface area contributed by atoms with Crippen LogP contribution in [0.25, 0.3) is 0 Å². The monoisotopic (exact) mass is 307 g/mol. The Balaban J connectivity index is 1.98. The SMILES string of the molecule is CC(=O)[C@H]1C(=O)N(Cc2ccccc2)C(c2ccccc2)[C@@H]1C. The van der Waals surface area contributed by atoms with E-state index in [1.54, 1.807) is 0 Å². The Bertz CT molecular complexity index is 696. The number of ketones is 1. The molecule has 1 aliphatic heterocycles.